The SMILES string of the molecule is CCc1ccc(-c2nc(S[C@@H](C)C(=O)Nc3ccc(S(=O)(=O)N4CCCC4)cc3)n[nH]2)cc1. The van der Waals surface area contributed by atoms with Crippen molar-refractivity contribution in [3.63, 3.8) is 0 Å². The minimum absolute atomic E-state index is 0.214. The molecule has 1 aliphatic heterocycles. The first kappa shape index (κ1) is 23.5. The van der Waals surface area contributed by atoms with Crippen LogP contribution in [0.25, 0.3) is 11.4 Å². The molecule has 4 rings (SSSR count). The van der Waals surface area contributed by atoms with Gasteiger partial charge < -0.3 is 5.32 Å². The van der Waals surface area contributed by atoms with Crippen LogP contribution in [0, 0.1) is 0 Å². The molecule has 1 saturated heterocycles. The molecule has 1 aliphatic rings. The second-order valence-electron chi connectivity index (χ2n) is 7.90. The van der Waals surface area contributed by atoms with E-state index in [1.54, 1.807) is 19.1 Å². The van der Waals surface area contributed by atoms with Crippen molar-refractivity contribution in [3.05, 3.63) is 54.1 Å². The van der Waals surface area contributed by atoms with E-state index in [2.05, 4.69) is 39.6 Å². The average Bonchev–Trinajstić information content (AvgIpc) is 3.52. The third-order valence-corrected chi connectivity index (χ3v) is 8.45. The molecule has 0 unspecified atom stereocenters. The zero-order valence-corrected chi connectivity index (χ0v) is 20.2. The maximum atomic E-state index is 12.6. The van der Waals surface area contributed by atoms with Crippen molar-refractivity contribution < 1.29 is 13.2 Å². The number of nitrogens with zero attached hydrogens (tertiary/aromatic N) is 3. The van der Waals surface area contributed by atoms with E-state index in [1.165, 1.54) is 33.8 Å². The van der Waals surface area contributed by atoms with Crippen LogP contribution in [0.4, 0.5) is 5.69 Å². The molecule has 1 amide bonds. The minimum Gasteiger partial charge on any atom is -0.325 e. The smallest absolute Gasteiger partial charge is 0.243 e. The number of nitrogens with one attached hydrogen (secondary N) is 2. The van der Waals surface area contributed by atoms with Crippen LogP contribution < -0.4 is 5.32 Å². The van der Waals surface area contributed by atoms with Gasteiger partial charge in [0.05, 0.1) is 10.1 Å². The van der Waals surface area contributed by atoms with E-state index >= 15 is 0 Å². The number of hydrogen-bond acceptors (Lipinski definition) is 6. The Labute approximate surface area is 198 Å². The van der Waals surface area contributed by atoms with Gasteiger partial charge in [-0.3, -0.25) is 9.89 Å². The highest BCUT2D eigenvalue weighted by atomic mass is 32.2. The van der Waals surface area contributed by atoms with Crippen LogP contribution in [0.15, 0.2) is 58.6 Å². The fourth-order valence-corrected chi connectivity index (χ4v) is 5.81. The van der Waals surface area contributed by atoms with Crippen LogP contribution in [0.2, 0.25) is 0 Å². The Morgan fingerprint density at radius 2 is 1.79 bits per heavy atom. The standard InChI is InChI=1S/C23H27N5O3S2/c1-3-17-6-8-18(9-7-17)21-25-23(27-26-21)32-16(2)22(29)24-19-10-12-20(13-11-19)33(30,31)28-14-4-5-15-28/h6-13,16H,3-5,14-15H2,1-2H3,(H,24,29)(H,25,26,27)/t16-/m0/s1. The minimum atomic E-state index is -3.47. The Hall–Kier alpha value is -2.69. The number of thioether (sulfide) groups is 1. The molecule has 33 heavy (non-hydrogen) atoms. The summed E-state index contributed by atoms with van der Waals surface area (Å²) in [4.78, 5) is 17.4. The molecule has 3 aromatic rings. The molecule has 1 fully saturated rings. The highest BCUT2D eigenvalue weighted by Crippen LogP contribution is 2.25. The van der Waals surface area contributed by atoms with Gasteiger partial charge in [0, 0.05) is 24.3 Å². The molecular formula is C23H27N5O3S2. The van der Waals surface area contributed by atoms with Crippen LogP contribution in [0.1, 0.15) is 32.3 Å². The first-order chi connectivity index (χ1) is 15.9. The largest absolute Gasteiger partial charge is 0.325 e. The Morgan fingerprint density at radius 3 is 2.42 bits per heavy atom. The van der Waals surface area contributed by atoms with Crippen molar-refractivity contribution in [1.29, 1.82) is 0 Å². The van der Waals surface area contributed by atoms with Gasteiger partial charge in [0.15, 0.2) is 5.82 Å². The number of anilines is 1. The van der Waals surface area contributed by atoms with E-state index < -0.39 is 15.3 Å². The lowest BCUT2D eigenvalue weighted by Crippen LogP contribution is -2.27. The van der Waals surface area contributed by atoms with Gasteiger partial charge in [-0.25, -0.2) is 13.4 Å². The van der Waals surface area contributed by atoms with Gasteiger partial charge in [-0.1, -0.05) is 43.0 Å². The Kier molecular flexibility index (Phi) is 7.16. The summed E-state index contributed by atoms with van der Waals surface area (Å²) in [6.45, 7) is 5.00. The summed E-state index contributed by atoms with van der Waals surface area (Å²) < 4.78 is 26.8. The van der Waals surface area contributed by atoms with E-state index in [9.17, 15) is 13.2 Å². The van der Waals surface area contributed by atoms with Crippen molar-refractivity contribution in [1.82, 2.24) is 19.5 Å². The molecule has 2 aromatic carbocycles. The lowest BCUT2D eigenvalue weighted by Gasteiger charge is -2.16. The van der Waals surface area contributed by atoms with Gasteiger partial charge in [0.25, 0.3) is 0 Å². The molecule has 10 heteroatoms. The number of carbonyl (C=O) groups excluding carboxylic acids is 1. The number of carbonyl (C=O) groups is 1. The summed E-state index contributed by atoms with van der Waals surface area (Å²) in [5, 5.41) is 10.0. The van der Waals surface area contributed by atoms with Crippen molar-refractivity contribution in [2.24, 2.45) is 0 Å². The zero-order valence-electron chi connectivity index (χ0n) is 18.6. The number of aromatic nitrogens is 3. The van der Waals surface area contributed by atoms with Gasteiger partial charge in [-0.2, -0.15) is 4.31 Å². The van der Waals surface area contributed by atoms with Crippen LogP contribution in [0.3, 0.4) is 0 Å². The van der Waals surface area contributed by atoms with E-state index in [4.69, 9.17) is 0 Å². The van der Waals surface area contributed by atoms with E-state index in [1.807, 2.05) is 12.1 Å². The maximum Gasteiger partial charge on any atom is 0.243 e. The fourth-order valence-electron chi connectivity index (χ4n) is 3.57. The summed E-state index contributed by atoms with van der Waals surface area (Å²) in [6.07, 6.45) is 2.75. The Morgan fingerprint density at radius 1 is 1.12 bits per heavy atom. The second-order valence-corrected chi connectivity index (χ2v) is 11.1. The van der Waals surface area contributed by atoms with Crippen molar-refractivity contribution in [2.45, 2.75) is 48.4 Å². The molecule has 8 nitrogen and oxygen atoms in total. The first-order valence-corrected chi connectivity index (χ1v) is 13.3. The quantitative estimate of drug-likeness (QED) is 0.468. The number of H-pyrrole nitrogens is 1. The Bertz CT molecular complexity index is 1200. The fraction of sp³-hybridized carbons (Fsp3) is 0.348. The monoisotopic (exact) mass is 485 g/mol. The van der Waals surface area contributed by atoms with Crippen molar-refractivity contribution >= 4 is 33.4 Å². The molecule has 2 heterocycles. The number of aromatic amines is 1. The molecule has 2 N–H and O–H groups in total. The molecule has 1 atom stereocenters. The number of benzene rings is 2. The van der Waals surface area contributed by atoms with Crippen molar-refractivity contribution in [3.8, 4) is 11.4 Å². The van der Waals surface area contributed by atoms with Gasteiger partial charge in [-0.15, -0.1) is 5.10 Å². The lowest BCUT2D eigenvalue weighted by atomic mass is 10.1. The highest BCUT2D eigenvalue weighted by molar-refractivity contribution is 8.00. The van der Waals surface area contributed by atoms with Gasteiger partial charge >= 0.3 is 0 Å². The predicted octanol–water partition coefficient (Wildman–Crippen LogP) is 3.94. The number of sulfonamides is 1. The molecule has 0 spiro atoms. The third-order valence-electron chi connectivity index (χ3n) is 5.58. The third kappa shape index (κ3) is 5.45. The molecule has 0 aliphatic carbocycles. The molecule has 0 radical (unpaired) electrons. The average molecular weight is 486 g/mol. The number of rotatable bonds is 8. The molecule has 0 bridgehead atoms. The number of hydrogen-bond donors (Lipinski definition) is 2. The number of aryl methyl sites for hydroxylation is 1. The Balaban J connectivity index is 1.35. The molecule has 1 aromatic heterocycles. The van der Waals surface area contributed by atoms with Crippen LogP contribution in [-0.4, -0.2) is 52.2 Å². The zero-order chi connectivity index (χ0) is 23.4. The summed E-state index contributed by atoms with van der Waals surface area (Å²) in [6, 6.07) is 14.4. The predicted molar refractivity (Wildman–Crippen MR) is 130 cm³/mol. The van der Waals surface area contributed by atoms with Gasteiger partial charge in [-0.05, 0) is 56.0 Å². The van der Waals surface area contributed by atoms with Crippen LogP contribution >= 0.6 is 11.8 Å². The maximum absolute atomic E-state index is 12.6. The van der Waals surface area contributed by atoms with Gasteiger partial charge in [0.2, 0.25) is 21.1 Å². The van der Waals surface area contributed by atoms with Crippen LogP contribution in [0.5, 0.6) is 0 Å². The molecule has 174 valence electrons. The second kappa shape index (κ2) is 10.1. The summed E-state index contributed by atoms with van der Waals surface area (Å²) >= 11 is 1.25. The summed E-state index contributed by atoms with van der Waals surface area (Å²) in [7, 11) is -3.47. The highest BCUT2D eigenvalue weighted by Gasteiger charge is 2.27. The normalized spacial score (nSPS) is 15.5. The summed E-state index contributed by atoms with van der Waals surface area (Å²) in [5.74, 6) is 0.441. The van der Waals surface area contributed by atoms with Crippen LogP contribution in [-0.2, 0) is 21.2 Å². The number of amides is 1. The lowest BCUT2D eigenvalue weighted by molar-refractivity contribution is -0.115. The summed E-state index contributed by atoms with van der Waals surface area (Å²) in [5.41, 5.74) is 2.73. The molecule has 0 saturated carbocycles. The van der Waals surface area contributed by atoms with E-state index in [0.29, 0.717) is 29.8 Å². The first-order valence-electron chi connectivity index (χ1n) is 11.0. The molecular weight excluding hydrogens is 458 g/mol. The van der Waals surface area contributed by atoms with E-state index in [-0.39, 0.29) is 10.8 Å². The van der Waals surface area contributed by atoms with E-state index in [0.717, 1.165) is 24.8 Å². The topological polar surface area (TPSA) is 108 Å². The van der Waals surface area contributed by atoms with Crippen molar-refractivity contribution in [2.75, 3.05) is 18.4 Å². The van der Waals surface area contributed by atoms with Gasteiger partial charge in [0.1, 0.15) is 0 Å².